The number of hydrogen-bond acceptors (Lipinski definition) is 1. The maximum Gasteiger partial charge on any atom is 0.136 e. The first-order valence-electron chi connectivity index (χ1n) is 4.40. The average Bonchev–Trinajstić information content (AvgIpc) is 2.34. The fraction of sp³-hybridized carbons (Fsp3) is 0.889. The normalized spacial score (nSPS) is 73.4. The van der Waals surface area contributed by atoms with Crippen LogP contribution < -0.4 is 0 Å². The summed E-state index contributed by atoms with van der Waals surface area (Å²) in [5.41, 5.74) is 0. The summed E-state index contributed by atoms with van der Waals surface area (Å²) in [5, 5.41) is 0. The predicted octanol–water partition coefficient (Wildman–Crippen LogP) is 1.09. The fourth-order valence-corrected chi connectivity index (χ4v) is 4.43. The third kappa shape index (κ3) is 0.240. The van der Waals surface area contributed by atoms with E-state index in [-0.39, 0.29) is 0 Å². The number of Topliss-reactive ketones (excluding diaryl/α,β-unsaturated/α-hetero) is 1. The van der Waals surface area contributed by atoms with Gasteiger partial charge in [0.15, 0.2) is 0 Å². The Hall–Kier alpha value is -0.330. The van der Waals surface area contributed by atoms with Crippen LogP contribution in [0.2, 0.25) is 0 Å². The van der Waals surface area contributed by atoms with Gasteiger partial charge in [0.05, 0.1) is 0 Å². The molecule has 0 heterocycles. The van der Waals surface area contributed by atoms with Crippen molar-refractivity contribution in [1.29, 1.82) is 0 Å². The van der Waals surface area contributed by atoms with E-state index in [1.807, 2.05) is 0 Å². The van der Waals surface area contributed by atoms with Gasteiger partial charge in [-0.25, -0.2) is 0 Å². The van der Waals surface area contributed by atoms with Crippen molar-refractivity contribution in [3.8, 4) is 0 Å². The van der Waals surface area contributed by atoms with Gasteiger partial charge in [-0.2, -0.15) is 0 Å². The van der Waals surface area contributed by atoms with Crippen LogP contribution in [0, 0.1) is 35.5 Å². The molecule has 0 aliphatic heterocycles. The van der Waals surface area contributed by atoms with Gasteiger partial charge in [0.2, 0.25) is 0 Å². The lowest BCUT2D eigenvalue weighted by Gasteiger charge is -2.03. The molecular formula is C9H10O. The van der Waals surface area contributed by atoms with Crippen LogP contribution in [0.15, 0.2) is 0 Å². The summed E-state index contributed by atoms with van der Waals surface area (Å²) in [6.07, 6.45) is 2.39. The summed E-state index contributed by atoms with van der Waals surface area (Å²) >= 11 is 0. The second-order valence-corrected chi connectivity index (χ2v) is 4.58. The lowest BCUT2D eigenvalue weighted by Crippen LogP contribution is -2.11. The van der Waals surface area contributed by atoms with Crippen molar-refractivity contribution < 1.29 is 4.79 Å². The first kappa shape index (κ1) is 4.53. The molecule has 5 saturated carbocycles. The van der Waals surface area contributed by atoms with Crippen LogP contribution in [0.1, 0.15) is 12.8 Å². The van der Waals surface area contributed by atoms with Crippen molar-refractivity contribution in [2.24, 2.45) is 35.5 Å². The fourth-order valence-electron chi connectivity index (χ4n) is 4.43. The van der Waals surface area contributed by atoms with Crippen LogP contribution in [0.4, 0.5) is 0 Å². The Bertz CT molecular complexity index is 245. The number of hydrogen-bond donors (Lipinski definition) is 0. The van der Waals surface area contributed by atoms with E-state index in [0.29, 0.717) is 11.7 Å². The highest BCUT2D eigenvalue weighted by Gasteiger charge is 2.77. The van der Waals surface area contributed by atoms with Gasteiger partial charge in [-0.3, -0.25) is 4.79 Å². The highest BCUT2D eigenvalue weighted by molar-refractivity contribution is 5.87. The molecule has 0 amide bonds. The minimum Gasteiger partial charge on any atom is -0.299 e. The lowest BCUT2D eigenvalue weighted by molar-refractivity contribution is -0.122. The number of ketones is 1. The molecule has 0 N–H and O–H groups in total. The van der Waals surface area contributed by atoms with Crippen LogP contribution in [-0.2, 0) is 4.79 Å². The smallest absolute Gasteiger partial charge is 0.136 e. The van der Waals surface area contributed by atoms with Crippen molar-refractivity contribution >= 4 is 5.78 Å². The summed E-state index contributed by atoms with van der Waals surface area (Å²) in [7, 11) is 0. The Morgan fingerprint density at radius 2 is 2.00 bits per heavy atom. The Morgan fingerprint density at radius 3 is 2.50 bits per heavy atom. The van der Waals surface area contributed by atoms with Crippen molar-refractivity contribution in [1.82, 2.24) is 0 Å². The van der Waals surface area contributed by atoms with Gasteiger partial charge >= 0.3 is 0 Å². The van der Waals surface area contributed by atoms with Gasteiger partial charge < -0.3 is 0 Å². The van der Waals surface area contributed by atoms with E-state index in [1.54, 1.807) is 0 Å². The van der Waals surface area contributed by atoms with E-state index in [4.69, 9.17) is 0 Å². The summed E-state index contributed by atoms with van der Waals surface area (Å²) in [5.74, 6) is 5.96. The SMILES string of the molecule is O=C1C[C@@H]2[C@H]3C[C@H]4[C@@H]2[C@H]4[C@@H]13. The first-order valence-corrected chi connectivity index (χ1v) is 4.40. The van der Waals surface area contributed by atoms with Crippen molar-refractivity contribution in [2.45, 2.75) is 12.8 Å². The highest BCUT2D eigenvalue weighted by atomic mass is 16.1. The molecule has 0 unspecified atom stereocenters. The average molecular weight is 134 g/mol. The summed E-state index contributed by atoms with van der Waals surface area (Å²) in [6.45, 7) is 0. The van der Waals surface area contributed by atoms with Crippen LogP contribution in [0.25, 0.3) is 0 Å². The topological polar surface area (TPSA) is 17.1 Å². The van der Waals surface area contributed by atoms with Crippen molar-refractivity contribution in [3.05, 3.63) is 0 Å². The highest BCUT2D eigenvalue weighted by Crippen LogP contribution is 2.79. The van der Waals surface area contributed by atoms with E-state index in [1.165, 1.54) is 6.42 Å². The Kier molecular flexibility index (Phi) is 0.449. The van der Waals surface area contributed by atoms with Gasteiger partial charge in [0.1, 0.15) is 5.78 Å². The van der Waals surface area contributed by atoms with Gasteiger partial charge in [-0.15, -0.1) is 0 Å². The van der Waals surface area contributed by atoms with E-state index in [2.05, 4.69) is 0 Å². The first-order chi connectivity index (χ1) is 4.88. The zero-order valence-corrected chi connectivity index (χ0v) is 5.79. The molecule has 5 aliphatic carbocycles. The molecule has 52 valence electrons. The molecule has 0 aromatic carbocycles. The maximum atomic E-state index is 11.3. The maximum absolute atomic E-state index is 11.3. The minimum atomic E-state index is 0.583. The van der Waals surface area contributed by atoms with Crippen molar-refractivity contribution in [2.75, 3.05) is 0 Å². The Morgan fingerprint density at radius 1 is 1.10 bits per heavy atom. The number of rotatable bonds is 0. The van der Waals surface area contributed by atoms with Gasteiger partial charge in [0.25, 0.3) is 0 Å². The Labute approximate surface area is 59.8 Å². The number of carbonyl (C=O) groups excluding carboxylic acids is 1. The molecule has 10 heavy (non-hydrogen) atoms. The second-order valence-electron chi connectivity index (χ2n) is 4.58. The molecule has 6 bridgehead atoms. The predicted molar refractivity (Wildman–Crippen MR) is 35.2 cm³/mol. The molecule has 0 radical (unpaired) electrons. The zero-order valence-electron chi connectivity index (χ0n) is 5.79. The standard InChI is InChI=1S/C9H10O/c10-6-2-4-3-1-5-7(4)9(5)8(3)6/h3-5,7-9H,1-2H2/t3-,4-,5+,7-,8-,9+/m1/s1. The largest absolute Gasteiger partial charge is 0.299 e. The van der Waals surface area contributed by atoms with Crippen LogP contribution in [0.3, 0.4) is 0 Å². The summed E-state index contributed by atoms with van der Waals surface area (Å²) < 4.78 is 0. The monoisotopic (exact) mass is 134 g/mol. The molecule has 0 aromatic rings. The molecule has 5 fully saturated rings. The van der Waals surface area contributed by atoms with Crippen LogP contribution in [0.5, 0.6) is 0 Å². The molecule has 1 heteroatoms. The van der Waals surface area contributed by atoms with Gasteiger partial charge in [0, 0.05) is 12.3 Å². The quantitative estimate of drug-likeness (QED) is 0.484. The van der Waals surface area contributed by atoms with E-state index < -0.39 is 0 Å². The number of carbonyl (C=O) groups is 1. The minimum absolute atomic E-state index is 0.583. The third-order valence-corrected chi connectivity index (χ3v) is 4.57. The third-order valence-electron chi connectivity index (χ3n) is 4.57. The Balaban J connectivity index is 2.00. The van der Waals surface area contributed by atoms with E-state index in [9.17, 15) is 4.79 Å². The lowest BCUT2D eigenvalue weighted by atomic mass is 10.00. The van der Waals surface area contributed by atoms with Crippen LogP contribution in [-0.4, -0.2) is 5.78 Å². The van der Waals surface area contributed by atoms with Gasteiger partial charge in [-0.05, 0) is 36.0 Å². The molecule has 1 nitrogen and oxygen atoms in total. The summed E-state index contributed by atoms with van der Waals surface area (Å²) in [4.78, 5) is 11.3. The van der Waals surface area contributed by atoms with Crippen LogP contribution >= 0.6 is 0 Å². The summed E-state index contributed by atoms with van der Waals surface area (Å²) in [6, 6.07) is 0. The molecule has 0 aromatic heterocycles. The van der Waals surface area contributed by atoms with Crippen molar-refractivity contribution in [3.63, 3.8) is 0 Å². The molecule has 5 aliphatic rings. The van der Waals surface area contributed by atoms with E-state index >= 15 is 0 Å². The van der Waals surface area contributed by atoms with E-state index in [0.717, 1.165) is 36.0 Å². The molecular weight excluding hydrogens is 124 g/mol. The zero-order chi connectivity index (χ0) is 6.46. The van der Waals surface area contributed by atoms with Gasteiger partial charge in [-0.1, -0.05) is 0 Å². The molecule has 5 rings (SSSR count). The molecule has 6 atom stereocenters. The molecule has 0 saturated heterocycles. The molecule has 0 spiro atoms. The second kappa shape index (κ2) is 0.992.